The van der Waals surface area contributed by atoms with E-state index in [0.717, 1.165) is 15.6 Å². The summed E-state index contributed by atoms with van der Waals surface area (Å²) in [5.41, 5.74) is 1.87. The molecular weight excluding hydrogens is 314 g/mol. The van der Waals surface area contributed by atoms with Crippen molar-refractivity contribution in [2.75, 3.05) is 0 Å². The Morgan fingerprint density at radius 3 is 2.56 bits per heavy atom. The van der Waals surface area contributed by atoms with Crippen molar-refractivity contribution in [2.24, 2.45) is 5.16 Å². The Hall–Kier alpha value is -1.32. The molecule has 0 spiro atoms. The van der Waals surface area contributed by atoms with Crippen molar-refractivity contribution in [2.45, 2.75) is 6.61 Å². The monoisotopic (exact) mass is 322 g/mol. The van der Waals surface area contributed by atoms with Gasteiger partial charge < -0.3 is 4.84 Å². The van der Waals surface area contributed by atoms with Crippen LogP contribution < -0.4 is 0 Å². The van der Waals surface area contributed by atoms with E-state index in [9.17, 15) is 0 Å². The van der Waals surface area contributed by atoms with Crippen LogP contribution in [0.3, 0.4) is 0 Å². The van der Waals surface area contributed by atoms with Crippen LogP contribution in [0.2, 0.25) is 5.02 Å². The molecule has 0 bridgehead atoms. The van der Waals surface area contributed by atoms with Crippen LogP contribution >= 0.6 is 27.5 Å². The second kappa shape index (κ2) is 6.57. The molecule has 0 aliphatic rings. The van der Waals surface area contributed by atoms with Gasteiger partial charge in [-0.05, 0) is 23.8 Å². The molecule has 18 heavy (non-hydrogen) atoms. The van der Waals surface area contributed by atoms with Crippen molar-refractivity contribution < 1.29 is 4.84 Å². The van der Waals surface area contributed by atoms with E-state index in [1.807, 2.05) is 48.5 Å². The van der Waals surface area contributed by atoms with Crippen LogP contribution in [0.4, 0.5) is 0 Å². The minimum Gasteiger partial charge on any atom is -0.390 e. The molecule has 2 aromatic rings. The van der Waals surface area contributed by atoms with E-state index in [4.69, 9.17) is 16.4 Å². The van der Waals surface area contributed by atoms with Gasteiger partial charge in [0.15, 0.2) is 0 Å². The van der Waals surface area contributed by atoms with Gasteiger partial charge in [0.2, 0.25) is 0 Å². The van der Waals surface area contributed by atoms with E-state index in [1.165, 1.54) is 0 Å². The summed E-state index contributed by atoms with van der Waals surface area (Å²) in [4.78, 5) is 5.17. The molecule has 0 aromatic heterocycles. The maximum absolute atomic E-state index is 5.79. The molecule has 0 fully saturated rings. The van der Waals surface area contributed by atoms with E-state index in [-0.39, 0.29) is 0 Å². The maximum Gasteiger partial charge on any atom is 0.142 e. The van der Waals surface area contributed by atoms with Crippen molar-refractivity contribution in [1.29, 1.82) is 0 Å². The summed E-state index contributed by atoms with van der Waals surface area (Å²) in [6.45, 7) is 0.397. The summed E-state index contributed by atoms with van der Waals surface area (Å²) in [6, 6.07) is 15.1. The van der Waals surface area contributed by atoms with Crippen molar-refractivity contribution in [3.8, 4) is 0 Å². The maximum atomic E-state index is 5.79. The summed E-state index contributed by atoms with van der Waals surface area (Å²) < 4.78 is 0.934. The van der Waals surface area contributed by atoms with Gasteiger partial charge in [-0.3, -0.25) is 0 Å². The lowest BCUT2D eigenvalue weighted by Crippen LogP contribution is -1.88. The lowest BCUT2D eigenvalue weighted by molar-refractivity contribution is 0.132. The summed E-state index contributed by atoms with van der Waals surface area (Å²) in [5, 5.41) is 4.52. The van der Waals surface area contributed by atoms with Crippen LogP contribution in [0.5, 0.6) is 0 Å². The van der Waals surface area contributed by atoms with Crippen LogP contribution in [0.15, 0.2) is 58.2 Å². The quantitative estimate of drug-likeness (QED) is 0.598. The van der Waals surface area contributed by atoms with Gasteiger partial charge in [0.1, 0.15) is 12.8 Å². The fraction of sp³-hybridized carbons (Fsp3) is 0.0714. The third kappa shape index (κ3) is 3.86. The average Bonchev–Trinajstić information content (AvgIpc) is 2.39. The largest absolute Gasteiger partial charge is 0.390 e. The first-order chi connectivity index (χ1) is 8.75. The Balaban J connectivity index is 1.89. The Bertz CT molecular complexity index is 540. The number of nitrogens with zero attached hydrogens (tertiary/aromatic N) is 1. The summed E-state index contributed by atoms with van der Waals surface area (Å²) >= 11 is 9.20. The molecule has 2 nitrogen and oxygen atoms in total. The lowest BCUT2D eigenvalue weighted by Gasteiger charge is -2.00. The summed E-state index contributed by atoms with van der Waals surface area (Å²) in [7, 11) is 0. The number of halogens is 2. The highest BCUT2D eigenvalue weighted by Gasteiger charge is 1.95. The molecule has 0 aliphatic carbocycles. The van der Waals surface area contributed by atoms with Crippen LogP contribution in [-0.4, -0.2) is 6.21 Å². The molecule has 0 saturated heterocycles. The minimum absolute atomic E-state index is 0.397. The van der Waals surface area contributed by atoms with Crippen LogP contribution in [-0.2, 0) is 11.4 Å². The lowest BCUT2D eigenvalue weighted by atomic mass is 10.2. The zero-order valence-corrected chi connectivity index (χ0v) is 11.8. The molecule has 2 rings (SSSR count). The molecule has 91 valence electrons. The van der Waals surface area contributed by atoms with Crippen molar-refractivity contribution >= 4 is 33.7 Å². The van der Waals surface area contributed by atoms with Crippen LogP contribution in [0, 0.1) is 0 Å². The Labute approximate surface area is 119 Å². The molecule has 4 heteroatoms. The topological polar surface area (TPSA) is 21.6 Å². The smallest absolute Gasteiger partial charge is 0.142 e. The van der Waals surface area contributed by atoms with Gasteiger partial charge in [-0.15, -0.1) is 0 Å². The van der Waals surface area contributed by atoms with Gasteiger partial charge in [-0.2, -0.15) is 0 Å². The molecule has 0 amide bonds. The third-order valence-corrected chi connectivity index (χ3v) is 3.19. The third-order valence-electron chi connectivity index (χ3n) is 2.25. The number of rotatable bonds is 4. The first kappa shape index (κ1) is 13.1. The fourth-order valence-electron chi connectivity index (χ4n) is 1.32. The normalized spacial score (nSPS) is 10.8. The van der Waals surface area contributed by atoms with Crippen LogP contribution in [0.25, 0.3) is 0 Å². The Morgan fingerprint density at radius 2 is 1.83 bits per heavy atom. The van der Waals surface area contributed by atoms with Crippen molar-refractivity contribution in [3.05, 3.63) is 69.2 Å². The molecule has 1 radical (unpaired) electrons. The van der Waals surface area contributed by atoms with Crippen molar-refractivity contribution in [1.82, 2.24) is 0 Å². The van der Waals surface area contributed by atoms with Gasteiger partial charge in [0.05, 0.1) is 0 Å². The van der Waals surface area contributed by atoms with Crippen LogP contribution in [0.1, 0.15) is 11.1 Å². The van der Waals surface area contributed by atoms with Gasteiger partial charge in [0, 0.05) is 15.1 Å². The number of hydrogen-bond acceptors (Lipinski definition) is 2. The summed E-state index contributed by atoms with van der Waals surface area (Å²) in [5.74, 6) is 0. The van der Waals surface area contributed by atoms with Gasteiger partial charge in [-0.1, -0.05) is 63.0 Å². The van der Waals surface area contributed by atoms with E-state index in [0.29, 0.717) is 11.6 Å². The van der Waals surface area contributed by atoms with E-state index >= 15 is 0 Å². The van der Waals surface area contributed by atoms with Gasteiger partial charge in [0.25, 0.3) is 0 Å². The summed E-state index contributed by atoms with van der Waals surface area (Å²) in [6.07, 6.45) is 2.82. The fourth-order valence-corrected chi connectivity index (χ4v) is 1.82. The first-order valence-electron chi connectivity index (χ1n) is 5.33. The highest BCUT2D eigenvalue weighted by molar-refractivity contribution is 9.10. The molecule has 0 saturated carbocycles. The van der Waals surface area contributed by atoms with E-state index in [2.05, 4.69) is 27.3 Å². The molecule has 2 aromatic carbocycles. The van der Waals surface area contributed by atoms with Gasteiger partial charge in [-0.25, -0.2) is 0 Å². The average molecular weight is 324 g/mol. The Morgan fingerprint density at radius 1 is 1.11 bits per heavy atom. The van der Waals surface area contributed by atoms with E-state index in [1.54, 1.807) is 0 Å². The SMILES string of the molecule is Clc1ccc(CO/N=[C]\c2ccccc2Br)cc1. The molecule has 0 aliphatic heterocycles. The second-order valence-corrected chi connectivity index (χ2v) is 4.87. The molecule has 0 unspecified atom stereocenters. The van der Waals surface area contributed by atoms with Gasteiger partial charge >= 0.3 is 0 Å². The first-order valence-corrected chi connectivity index (χ1v) is 6.50. The molecule has 0 N–H and O–H groups in total. The predicted octanol–water partition coefficient (Wildman–Crippen LogP) is 4.53. The minimum atomic E-state index is 0.397. The van der Waals surface area contributed by atoms with Crippen molar-refractivity contribution in [3.63, 3.8) is 0 Å². The molecule has 0 atom stereocenters. The number of benzene rings is 2. The second-order valence-electron chi connectivity index (χ2n) is 3.58. The molecule has 0 heterocycles. The Kier molecular flexibility index (Phi) is 4.79. The zero-order chi connectivity index (χ0) is 12.8. The number of hydrogen-bond donors (Lipinski definition) is 0. The van der Waals surface area contributed by atoms with E-state index < -0.39 is 0 Å². The standard InChI is InChI=1S/C14H10BrClNO/c15-14-4-2-1-3-12(14)9-17-18-10-11-5-7-13(16)8-6-11/h1-8H,10H2. The predicted molar refractivity (Wildman–Crippen MR) is 76.9 cm³/mol. The highest BCUT2D eigenvalue weighted by Crippen LogP contribution is 2.14. The highest BCUT2D eigenvalue weighted by atomic mass is 79.9. The zero-order valence-electron chi connectivity index (χ0n) is 9.44. The molecular formula is C14H10BrClNO.